The third-order valence-electron chi connectivity index (χ3n) is 4.63. The topological polar surface area (TPSA) is 74.8 Å². The van der Waals surface area contributed by atoms with Crippen LogP contribution < -0.4 is 10.9 Å². The molecule has 1 aliphatic carbocycles. The lowest BCUT2D eigenvalue weighted by molar-refractivity contribution is -0.113. The number of aromatic nitrogens is 2. The van der Waals surface area contributed by atoms with Gasteiger partial charge in [-0.3, -0.25) is 9.59 Å². The number of aryl methyl sites for hydroxylation is 1. The number of thioether (sulfide) groups is 1. The maximum absolute atomic E-state index is 12.6. The minimum absolute atomic E-state index is 0.110. The largest absolute Gasteiger partial charge is 0.324 e. The Hall–Kier alpha value is -1.83. The molecule has 1 amide bonds. The highest BCUT2D eigenvalue weighted by atomic mass is 35.5. The van der Waals surface area contributed by atoms with E-state index in [1.54, 1.807) is 35.6 Å². The van der Waals surface area contributed by atoms with Crippen LogP contribution in [0, 0.1) is 5.92 Å². The molecule has 1 aromatic carbocycles. The standard InChI is InChI=1S/C19H18ClN3O2S2/c1-10-6-7-11-14(8-10)27-18-16(11)17(25)22-19(23-18)26-9-15(24)21-13-5-3-2-4-12(13)20/h2-5,10H,6-9H2,1H3,(H,21,24)(H,22,23,25). The number of anilines is 1. The van der Waals surface area contributed by atoms with E-state index in [1.807, 2.05) is 0 Å². The first-order valence-corrected chi connectivity index (χ1v) is 10.9. The Balaban J connectivity index is 1.50. The molecule has 0 radical (unpaired) electrons. The van der Waals surface area contributed by atoms with Gasteiger partial charge in [-0.05, 0) is 42.9 Å². The van der Waals surface area contributed by atoms with Crippen LogP contribution in [0.5, 0.6) is 0 Å². The average molecular weight is 420 g/mol. The number of amides is 1. The van der Waals surface area contributed by atoms with Crippen molar-refractivity contribution in [3.8, 4) is 0 Å². The summed E-state index contributed by atoms with van der Waals surface area (Å²) in [5, 5.41) is 4.45. The molecular weight excluding hydrogens is 402 g/mol. The summed E-state index contributed by atoms with van der Waals surface area (Å²) < 4.78 is 0. The molecule has 0 bridgehead atoms. The van der Waals surface area contributed by atoms with Crippen LogP contribution in [0.15, 0.2) is 34.2 Å². The van der Waals surface area contributed by atoms with Crippen LogP contribution in [0.1, 0.15) is 23.8 Å². The van der Waals surface area contributed by atoms with Crippen LogP contribution in [-0.2, 0) is 17.6 Å². The highest BCUT2D eigenvalue weighted by molar-refractivity contribution is 7.99. The Kier molecular flexibility index (Phi) is 5.25. The van der Waals surface area contributed by atoms with Crippen molar-refractivity contribution in [2.75, 3.05) is 11.1 Å². The molecule has 0 saturated heterocycles. The van der Waals surface area contributed by atoms with Crippen molar-refractivity contribution in [1.82, 2.24) is 9.97 Å². The van der Waals surface area contributed by atoms with E-state index in [9.17, 15) is 9.59 Å². The number of halogens is 1. The van der Waals surface area contributed by atoms with Gasteiger partial charge in [-0.2, -0.15) is 0 Å². The van der Waals surface area contributed by atoms with Crippen molar-refractivity contribution >= 4 is 56.5 Å². The van der Waals surface area contributed by atoms with Gasteiger partial charge in [-0.15, -0.1) is 11.3 Å². The van der Waals surface area contributed by atoms with Crippen molar-refractivity contribution in [3.05, 3.63) is 50.1 Å². The van der Waals surface area contributed by atoms with Gasteiger partial charge in [0.1, 0.15) is 4.83 Å². The average Bonchev–Trinajstić information content (AvgIpc) is 2.99. The number of carbonyl (C=O) groups excluding carboxylic acids is 1. The number of H-pyrrole nitrogens is 1. The number of para-hydroxylation sites is 1. The molecule has 3 aromatic rings. The van der Waals surface area contributed by atoms with Crippen molar-refractivity contribution < 1.29 is 4.79 Å². The lowest BCUT2D eigenvalue weighted by atomic mass is 9.89. The maximum atomic E-state index is 12.6. The van der Waals surface area contributed by atoms with Crippen molar-refractivity contribution in [2.24, 2.45) is 5.92 Å². The van der Waals surface area contributed by atoms with Gasteiger partial charge in [0.2, 0.25) is 5.91 Å². The van der Waals surface area contributed by atoms with E-state index in [1.165, 1.54) is 16.6 Å². The molecule has 2 heterocycles. The summed E-state index contributed by atoms with van der Waals surface area (Å²) in [4.78, 5) is 34.2. The van der Waals surface area contributed by atoms with Gasteiger partial charge in [0.05, 0.1) is 21.8 Å². The monoisotopic (exact) mass is 419 g/mol. The number of thiophene rings is 1. The maximum Gasteiger partial charge on any atom is 0.260 e. The van der Waals surface area contributed by atoms with Gasteiger partial charge in [-0.25, -0.2) is 4.98 Å². The Morgan fingerprint density at radius 3 is 3.07 bits per heavy atom. The lowest BCUT2D eigenvalue weighted by Gasteiger charge is -2.17. The van der Waals surface area contributed by atoms with Crippen molar-refractivity contribution in [2.45, 2.75) is 31.3 Å². The predicted molar refractivity (Wildman–Crippen MR) is 112 cm³/mol. The van der Waals surface area contributed by atoms with E-state index < -0.39 is 0 Å². The molecule has 4 rings (SSSR count). The van der Waals surface area contributed by atoms with Crippen LogP contribution in [0.4, 0.5) is 5.69 Å². The summed E-state index contributed by atoms with van der Waals surface area (Å²) in [6.45, 7) is 2.24. The molecule has 2 N–H and O–H groups in total. The Morgan fingerprint density at radius 1 is 1.44 bits per heavy atom. The SMILES string of the molecule is CC1CCc2c(sc3nc(SCC(=O)Nc4ccccc4Cl)[nH]c(=O)c23)C1. The fraction of sp³-hybridized carbons (Fsp3) is 0.316. The molecule has 1 atom stereocenters. The van der Waals surface area contributed by atoms with Crippen LogP contribution >= 0.6 is 34.7 Å². The molecule has 140 valence electrons. The fourth-order valence-electron chi connectivity index (χ4n) is 3.28. The third kappa shape index (κ3) is 3.90. The van der Waals surface area contributed by atoms with Gasteiger partial charge in [-0.1, -0.05) is 42.4 Å². The fourth-order valence-corrected chi connectivity index (χ4v) is 5.57. The number of fused-ring (bicyclic) bond motifs is 3. The molecule has 0 aliphatic heterocycles. The zero-order valence-corrected chi connectivity index (χ0v) is 17.1. The van der Waals surface area contributed by atoms with E-state index >= 15 is 0 Å². The van der Waals surface area contributed by atoms with Crippen LogP contribution in [0.3, 0.4) is 0 Å². The zero-order chi connectivity index (χ0) is 19.0. The van der Waals surface area contributed by atoms with Crippen LogP contribution in [-0.4, -0.2) is 21.6 Å². The van der Waals surface area contributed by atoms with Crippen molar-refractivity contribution in [3.63, 3.8) is 0 Å². The summed E-state index contributed by atoms with van der Waals surface area (Å²) in [7, 11) is 0. The molecule has 1 unspecified atom stereocenters. The highest BCUT2D eigenvalue weighted by Crippen LogP contribution is 2.36. The van der Waals surface area contributed by atoms with Crippen LogP contribution in [0.2, 0.25) is 5.02 Å². The van der Waals surface area contributed by atoms with Crippen LogP contribution in [0.25, 0.3) is 10.2 Å². The highest BCUT2D eigenvalue weighted by Gasteiger charge is 2.23. The molecule has 1 aliphatic rings. The van der Waals surface area contributed by atoms with Gasteiger partial charge in [0, 0.05) is 4.88 Å². The Morgan fingerprint density at radius 2 is 2.26 bits per heavy atom. The first-order valence-electron chi connectivity index (χ1n) is 8.73. The lowest BCUT2D eigenvalue weighted by Crippen LogP contribution is -2.16. The first-order chi connectivity index (χ1) is 13.0. The number of hydrogen-bond acceptors (Lipinski definition) is 5. The second-order valence-corrected chi connectivity index (χ2v) is 9.17. The van der Waals surface area contributed by atoms with E-state index in [4.69, 9.17) is 11.6 Å². The molecule has 0 spiro atoms. The van der Waals surface area contributed by atoms with E-state index in [-0.39, 0.29) is 17.2 Å². The van der Waals surface area contributed by atoms with E-state index in [0.29, 0.717) is 21.8 Å². The first kappa shape index (κ1) is 18.5. The summed E-state index contributed by atoms with van der Waals surface area (Å²) in [5.74, 6) is 0.587. The normalized spacial score (nSPS) is 16.3. The summed E-state index contributed by atoms with van der Waals surface area (Å²) in [5.41, 5.74) is 1.62. The van der Waals surface area contributed by atoms with Gasteiger partial charge < -0.3 is 10.3 Å². The Bertz CT molecular complexity index is 1080. The minimum Gasteiger partial charge on any atom is -0.324 e. The van der Waals surface area contributed by atoms with E-state index in [0.717, 1.165) is 35.0 Å². The van der Waals surface area contributed by atoms with Crippen molar-refractivity contribution in [1.29, 1.82) is 0 Å². The smallest absolute Gasteiger partial charge is 0.260 e. The molecule has 0 fully saturated rings. The number of nitrogens with one attached hydrogen (secondary N) is 2. The summed E-state index contributed by atoms with van der Waals surface area (Å²) >= 11 is 8.87. The second-order valence-electron chi connectivity index (χ2n) is 6.72. The van der Waals surface area contributed by atoms with Gasteiger partial charge >= 0.3 is 0 Å². The quantitative estimate of drug-likeness (QED) is 0.482. The molecule has 0 saturated carbocycles. The number of hydrogen-bond donors (Lipinski definition) is 2. The van der Waals surface area contributed by atoms with E-state index in [2.05, 4.69) is 22.2 Å². The van der Waals surface area contributed by atoms with Gasteiger partial charge in [0.25, 0.3) is 5.56 Å². The molecule has 5 nitrogen and oxygen atoms in total. The summed E-state index contributed by atoms with van der Waals surface area (Å²) in [6.07, 6.45) is 3.06. The molecule has 2 aromatic heterocycles. The summed E-state index contributed by atoms with van der Waals surface area (Å²) in [6, 6.07) is 7.07. The number of nitrogens with zero attached hydrogens (tertiary/aromatic N) is 1. The third-order valence-corrected chi connectivity index (χ3v) is 6.98. The van der Waals surface area contributed by atoms with Gasteiger partial charge in [0.15, 0.2) is 5.16 Å². The number of carbonyl (C=O) groups is 1. The molecule has 27 heavy (non-hydrogen) atoms. The predicted octanol–water partition coefficient (Wildman–Crippen LogP) is 4.49. The second kappa shape index (κ2) is 7.66. The Labute approximate surface area is 169 Å². The number of rotatable bonds is 4. The zero-order valence-electron chi connectivity index (χ0n) is 14.7. The number of aromatic amines is 1. The number of benzene rings is 1. The molecule has 8 heteroatoms. The molecular formula is C19H18ClN3O2S2. The minimum atomic E-state index is -0.199.